The van der Waals surface area contributed by atoms with Gasteiger partial charge >= 0.3 is 0 Å². The van der Waals surface area contributed by atoms with Crippen molar-refractivity contribution in [1.29, 1.82) is 0 Å². The van der Waals surface area contributed by atoms with E-state index in [0.717, 1.165) is 9.75 Å². The highest BCUT2D eigenvalue weighted by Gasteiger charge is 2.19. The van der Waals surface area contributed by atoms with Gasteiger partial charge in [0.05, 0.1) is 0 Å². The highest BCUT2D eigenvalue weighted by atomic mass is 32.2. The van der Waals surface area contributed by atoms with Gasteiger partial charge in [-0.15, -0.1) is 11.3 Å². The van der Waals surface area contributed by atoms with Crippen molar-refractivity contribution in [2.45, 2.75) is 18.7 Å². The molecule has 0 unspecified atom stereocenters. The van der Waals surface area contributed by atoms with Crippen molar-refractivity contribution in [1.82, 2.24) is 0 Å². The molecule has 0 fully saturated rings. The summed E-state index contributed by atoms with van der Waals surface area (Å²) in [6, 6.07) is 8.43. The Morgan fingerprint density at radius 1 is 1.24 bits per heavy atom. The second-order valence-electron chi connectivity index (χ2n) is 4.54. The van der Waals surface area contributed by atoms with Gasteiger partial charge in [-0.3, -0.25) is 4.72 Å². The first-order valence-electron chi connectivity index (χ1n) is 6.45. The maximum atomic E-state index is 12.3. The van der Waals surface area contributed by atoms with Gasteiger partial charge in [0.15, 0.2) is 0 Å². The number of nitrogens with two attached hydrogens (primary N) is 1. The van der Waals surface area contributed by atoms with Crippen LogP contribution in [0, 0.1) is 13.8 Å². The Morgan fingerprint density at radius 3 is 2.43 bits per heavy atom. The van der Waals surface area contributed by atoms with E-state index in [-0.39, 0.29) is 0 Å². The van der Waals surface area contributed by atoms with Gasteiger partial charge in [-0.1, -0.05) is 0 Å². The smallest absolute Gasteiger partial charge is 0.262 e. The molecule has 1 heterocycles. The van der Waals surface area contributed by atoms with Crippen LogP contribution in [0.25, 0.3) is 0 Å². The Morgan fingerprint density at radius 2 is 1.90 bits per heavy atom. The van der Waals surface area contributed by atoms with E-state index in [4.69, 9.17) is 10.5 Å². The number of thiophene rings is 1. The van der Waals surface area contributed by atoms with Gasteiger partial charge in [-0.2, -0.15) is 0 Å². The third-order valence-corrected chi connectivity index (χ3v) is 5.38. The largest absolute Gasteiger partial charge is 0.492 e. The van der Waals surface area contributed by atoms with Crippen LogP contribution in [0.3, 0.4) is 0 Å². The fourth-order valence-corrected chi connectivity index (χ4v) is 4.50. The van der Waals surface area contributed by atoms with Gasteiger partial charge < -0.3 is 10.5 Å². The molecule has 1 aromatic carbocycles. The predicted molar refractivity (Wildman–Crippen MR) is 85.6 cm³/mol. The summed E-state index contributed by atoms with van der Waals surface area (Å²) in [7, 11) is -3.55. The predicted octanol–water partition coefficient (Wildman–Crippen LogP) is 2.50. The number of rotatable bonds is 6. The number of sulfonamides is 1. The molecule has 2 rings (SSSR count). The van der Waals surface area contributed by atoms with Crippen molar-refractivity contribution in [2.24, 2.45) is 5.73 Å². The van der Waals surface area contributed by atoms with Crippen LogP contribution in [-0.4, -0.2) is 21.6 Å². The second kappa shape index (κ2) is 6.46. The van der Waals surface area contributed by atoms with Crippen molar-refractivity contribution in [3.63, 3.8) is 0 Å². The summed E-state index contributed by atoms with van der Waals surface area (Å²) in [5.74, 6) is 0.658. The Labute approximate surface area is 128 Å². The van der Waals surface area contributed by atoms with Crippen LogP contribution in [0.4, 0.5) is 5.69 Å². The fraction of sp³-hybridized carbons (Fsp3) is 0.286. The zero-order chi connectivity index (χ0) is 15.5. The Bertz CT molecular complexity index is 706. The summed E-state index contributed by atoms with van der Waals surface area (Å²) < 4.78 is 32.6. The molecular formula is C14H18N2O3S2. The van der Waals surface area contributed by atoms with Crippen molar-refractivity contribution in [3.8, 4) is 5.75 Å². The molecule has 0 aliphatic rings. The van der Waals surface area contributed by atoms with E-state index < -0.39 is 10.0 Å². The Hall–Kier alpha value is -1.57. The molecule has 5 nitrogen and oxygen atoms in total. The first-order chi connectivity index (χ1) is 9.92. The number of nitrogens with one attached hydrogen (secondary N) is 1. The summed E-state index contributed by atoms with van der Waals surface area (Å²) in [5, 5.41) is 0. The lowest BCUT2D eigenvalue weighted by molar-refractivity contribution is 0.328. The van der Waals surface area contributed by atoms with E-state index in [1.54, 1.807) is 37.3 Å². The molecule has 7 heteroatoms. The summed E-state index contributed by atoms with van der Waals surface area (Å²) >= 11 is 1.47. The van der Waals surface area contributed by atoms with Crippen molar-refractivity contribution in [3.05, 3.63) is 40.1 Å². The topological polar surface area (TPSA) is 81.4 Å². The van der Waals surface area contributed by atoms with E-state index >= 15 is 0 Å². The zero-order valence-electron chi connectivity index (χ0n) is 11.9. The first-order valence-corrected chi connectivity index (χ1v) is 8.75. The summed E-state index contributed by atoms with van der Waals surface area (Å²) in [6.07, 6.45) is 0. The summed E-state index contributed by atoms with van der Waals surface area (Å²) in [4.78, 5) is 2.08. The van der Waals surface area contributed by atoms with E-state index in [1.165, 1.54) is 11.3 Å². The van der Waals surface area contributed by atoms with E-state index in [1.807, 2.05) is 6.92 Å². The van der Waals surface area contributed by atoms with Crippen LogP contribution in [-0.2, 0) is 10.0 Å². The average Bonchev–Trinajstić information content (AvgIpc) is 2.77. The third kappa shape index (κ3) is 3.96. The number of benzene rings is 1. The molecule has 1 aromatic heterocycles. The quantitative estimate of drug-likeness (QED) is 0.854. The van der Waals surface area contributed by atoms with E-state index in [2.05, 4.69) is 4.72 Å². The minimum atomic E-state index is -3.55. The molecule has 21 heavy (non-hydrogen) atoms. The number of hydrogen-bond donors (Lipinski definition) is 2. The average molecular weight is 326 g/mol. The molecule has 0 aliphatic heterocycles. The van der Waals surface area contributed by atoms with Crippen molar-refractivity contribution < 1.29 is 13.2 Å². The van der Waals surface area contributed by atoms with Crippen LogP contribution in [0.15, 0.2) is 35.2 Å². The number of anilines is 1. The minimum Gasteiger partial charge on any atom is -0.492 e. The zero-order valence-corrected chi connectivity index (χ0v) is 13.6. The Kier molecular flexibility index (Phi) is 4.87. The van der Waals surface area contributed by atoms with Gasteiger partial charge in [0.1, 0.15) is 17.3 Å². The van der Waals surface area contributed by atoms with Gasteiger partial charge in [-0.25, -0.2) is 8.42 Å². The van der Waals surface area contributed by atoms with Crippen LogP contribution in [0.1, 0.15) is 9.75 Å². The van der Waals surface area contributed by atoms with Gasteiger partial charge in [0.2, 0.25) is 0 Å². The molecule has 0 spiro atoms. The SMILES string of the molecule is Cc1cc(S(=O)(=O)Nc2ccc(OCCN)cc2)c(C)s1. The van der Waals surface area contributed by atoms with Crippen LogP contribution in [0.2, 0.25) is 0 Å². The molecule has 0 saturated carbocycles. The maximum Gasteiger partial charge on any atom is 0.262 e. The molecule has 0 atom stereocenters. The lowest BCUT2D eigenvalue weighted by atomic mass is 10.3. The molecule has 0 saturated heterocycles. The lowest BCUT2D eigenvalue weighted by Gasteiger charge is -2.09. The maximum absolute atomic E-state index is 12.3. The summed E-state index contributed by atoms with van der Waals surface area (Å²) in [6.45, 7) is 4.56. The molecule has 0 radical (unpaired) electrons. The highest BCUT2D eigenvalue weighted by molar-refractivity contribution is 7.93. The fourth-order valence-electron chi connectivity index (χ4n) is 1.88. The van der Waals surface area contributed by atoms with Gasteiger partial charge in [0.25, 0.3) is 10.0 Å². The van der Waals surface area contributed by atoms with Crippen LogP contribution >= 0.6 is 11.3 Å². The van der Waals surface area contributed by atoms with Gasteiger partial charge in [0, 0.05) is 22.0 Å². The third-order valence-electron chi connectivity index (χ3n) is 2.78. The monoisotopic (exact) mass is 326 g/mol. The van der Waals surface area contributed by atoms with Crippen molar-refractivity contribution in [2.75, 3.05) is 17.9 Å². The van der Waals surface area contributed by atoms with Crippen LogP contribution in [0.5, 0.6) is 5.75 Å². The Balaban J connectivity index is 2.15. The minimum absolute atomic E-state index is 0.327. The van der Waals surface area contributed by atoms with Crippen molar-refractivity contribution >= 4 is 27.0 Å². The molecule has 0 aliphatic carbocycles. The highest BCUT2D eigenvalue weighted by Crippen LogP contribution is 2.27. The first kappa shape index (κ1) is 15.8. The molecule has 2 aromatic rings. The van der Waals surface area contributed by atoms with Crippen LogP contribution < -0.4 is 15.2 Å². The molecular weight excluding hydrogens is 308 g/mol. The van der Waals surface area contributed by atoms with E-state index in [0.29, 0.717) is 29.5 Å². The lowest BCUT2D eigenvalue weighted by Crippen LogP contribution is -2.13. The molecule has 0 bridgehead atoms. The number of ether oxygens (including phenoxy) is 1. The molecule has 3 N–H and O–H groups in total. The second-order valence-corrected chi connectivity index (χ2v) is 7.66. The molecule has 114 valence electrons. The molecule has 0 amide bonds. The number of hydrogen-bond acceptors (Lipinski definition) is 5. The standard InChI is InChI=1S/C14H18N2O3S2/c1-10-9-14(11(2)20-10)21(17,18)16-12-3-5-13(6-4-12)19-8-7-15/h3-6,9,16H,7-8,15H2,1-2H3. The summed E-state index contributed by atoms with van der Waals surface area (Å²) in [5.41, 5.74) is 5.85. The normalized spacial score (nSPS) is 11.4. The van der Waals surface area contributed by atoms with E-state index in [9.17, 15) is 8.42 Å². The number of aryl methyl sites for hydroxylation is 2. The van der Waals surface area contributed by atoms with Gasteiger partial charge in [-0.05, 0) is 44.2 Å².